The van der Waals surface area contributed by atoms with Gasteiger partial charge in [-0.3, -0.25) is 19.9 Å². The molecule has 188 valence electrons. The van der Waals surface area contributed by atoms with Crippen molar-refractivity contribution in [2.75, 3.05) is 23.3 Å². The second-order valence-electron chi connectivity index (χ2n) is 10.7. The predicted octanol–water partition coefficient (Wildman–Crippen LogP) is 5.54. The summed E-state index contributed by atoms with van der Waals surface area (Å²) in [6.07, 6.45) is 10.9. The highest BCUT2D eigenvalue weighted by Gasteiger charge is 2.22. The van der Waals surface area contributed by atoms with E-state index >= 15 is 0 Å². The number of hydrogen-bond donors (Lipinski definition) is 3. The highest BCUT2D eigenvalue weighted by Crippen LogP contribution is 2.33. The van der Waals surface area contributed by atoms with Crippen LogP contribution < -0.4 is 10.2 Å². The van der Waals surface area contributed by atoms with Crippen molar-refractivity contribution >= 4 is 39.2 Å². The molecule has 1 aromatic carbocycles. The van der Waals surface area contributed by atoms with Crippen molar-refractivity contribution in [3.63, 3.8) is 0 Å². The number of amides is 1. The van der Waals surface area contributed by atoms with Crippen LogP contribution in [0.1, 0.15) is 40.0 Å². The van der Waals surface area contributed by atoms with E-state index in [0.29, 0.717) is 11.5 Å². The summed E-state index contributed by atoms with van der Waals surface area (Å²) in [6.45, 7) is 7.72. The lowest BCUT2D eigenvalue weighted by Crippen LogP contribution is -2.29. The van der Waals surface area contributed by atoms with Gasteiger partial charge in [-0.25, -0.2) is 4.98 Å². The van der Waals surface area contributed by atoms with Crippen molar-refractivity contribution in [2.45, 2.75) is 40.0 Å². The van der Waals surface area contributed by atoms with Gasteiger partial charge >= 0.3 is 0 Å². The maximum Gasteiger partial charge on any atom is 0.229 e. The molecule has 4 aromatic heterocycles. The molecule has 0 bridgehead atoms. The van der Waals surface area contributed by atoms with Crippen LogP contribution in [-0.2, 0) is 4.79 Å². The Kier molecular flexibility index (Phi) is 5.62. The second kappa shape index (κ2) is 8.99. The molecule has 9 nitrogen and oxygen atoms in total. The number of carbonyl (C=O) groups excluding carboxylic acids is 1. The molecule has 6 rings (SSSR count). The molecule has 1 aliphatic rings. The average Bonchev–Trinajstić information content (AvgIpc) is 3.52. The number of fused-ring (bicyclic) bond motifs is 2. The van der Waals surface area contributed by atoms with E-state index < -0.39 is 5.41 Å². The van der Waals surface area contributed by atoms with Gasteiger partial charge in [0.1, 0.15) is 11.2 Å². The minimum absolute atomic E-state index is 0.0534. The third-order valence-electron chi connectivity index (χ3n) is 6.87. The third-order valence-corrected chi connectivity index (χ3v) is 6.87. The molecule has 1 aliphatic heterocycles. The van der Waals surface area contributed by atoms with Gasteiger partial charge in [0.15, 0.2) is 5.82 Å². The first-order valence-corrected chi connectivity index (χ1v) is 12.7. The van der Waals surface area contributed by atoms with Crippen LogP contribution in [0.5, 0.6) is 0 Å². The van der Waals surface area contributed by atoms with Crippen LogP contribution in [0, 0.1) is 5.41 Å². The number of nitrogens with one attached hydrogen (secondary N) is 3. The third kappa shape index (κ3) is 4.41. The Morgan fingerprint density at radius 2 is 1.76 bits per heavy atom. The van der Waals surface area contributed by atoms with E-state index in [0.717, 1.165) is 57.5 Å². The van der Waals surface area contributed by atoms with E-state index in [4.69, 9.17) is 4.98 Å². The van der Waals surface area contributed by atoms with E-state index in [1.165, 1.54) is 19.3 Å². The Morgan fingerprint density at radius 3 is 2.57 bits per heavy atom. The van der Waals surface area contributed by atoms with E-state index in [-0.39, 0.29) is 5.91 Å². The minimum atomic E-state index is -0.490. The number of pyridine rings is 2. The largest absolute Gasteiger partial charge is 0.368 e. The molecule has 37 heavy (non-hydrogen) atoms. The predicted molar refractivity (Wildman–Crippen MR) is 146 cm³/mol. The second-order valence-corrected chi connectivity index (χ2v) is 10.7. The van der Waals surface area contributed by atoms with E-state index in [2.05, 4.69) is 41.4 Å². The van der Waals surface area contributed by atoms with E-state index in [1.807, 2.05) is 51.4 Å². The maximum atomic E-state index is 12.5. The summed E-state index contributed by atoms with van der Waals surface area (Å²) in [5.41, 5.74) is 6.61. The Morgan fingerprint density at radius 1 is 0.946 bits per heavy atom. The quantitative estimate of drug-likeness (QED) is 0.302. The molecule has 3 N–H and O–H groups in total. The maximum absolute atomic E-state index is 12.5. The lowest BCUT2D eigenvalue weighted by molar-refractivity contribution is -0.123. The summed E-state index contributed by atoms with van der Waals surface area (Å²) in [6, 6.07) is 8.05. The zero-order valence-corrected chi connectivity index (χ0v) is 21.3. The number of aromatic amines is 2. The lowest BCUT2D eigenvalue weighted by Gasteiger charge is -2.28. The smallest absolute Gasteiger partial charge is 0.229 e. The Labute approximate surface area is 214 Å². The van der Waals surface area contributed by atoms with Crippen LogP contribution in [0.3, 0.4) is 0 Å². The SMILES string of the molecule is CC(C)(C)C(=O)Nc1cncc(-c2ccc3[nH]nc(-c4nc5c(N6CCCCC6)cncc5[nH]4)c3c2)c1. The summed E-state index contributed by atoms with van der Waals surface area (Å²) in [5, 5.41) is 11.6. The summed E-state index contributed by atoms with van der Waals surface area (Å²) < 4.78 is 0. The van der Waals surface area contributed by atoms with Gasteiger partial charge < -0.3 is 15.2 Å². The molecule has 9 heteroatoms. The highest BCUT2D eigenvalue weighted by atomic mass is 16.2. The summed E-state index contributed by atoms with van der Waals surface area (Å²) in [4.78, 5) is 32.1. The Bertz CT molecular complexity index is 1600. The standard InChI is InChI=1S/C28H30N8O/c1-28(2,3)27(37)31-19-11-18(13-29-14-19)17-7-8-21-20(12-17)24(35-34-21)26-32-22-15-30-16-23(25(22)33-26)36-9-5-4-6-10-36/h7-8,11-16H,4-6,9-10H2,1-3H3,(H,31,37)(H,32,33)(H,34,35). The van der Waals surface area contributed by atoms with Crippen molar-refractivity contribution in [1.29, 1.82) is 0 Å². The average molecular weight is 495 g/mol. The van der Waals surface area contributed by atoms with Gasteiger partial charge in [0.25, 0.3) is 0 Å². The first-order valence-electron chi connectivity index (χ1n) is 12.7. The number of imidazole rings is 1. The van der Waals surface area contributed by atoms with Gasteiger partial charge in [0.2, 0.25) is 5.91 Å². The Hall–Kier alpha value is -4.27. The van der Waals surface area contributed by atoms with E-state index in [1.54, 1.807) is 12.4 Å². The zero-order valence-electron chi connectivity index (χ0n) is 21.3. The van der Waals surface area contributed by atoms with Crippen LogP contribution in [0.4, 0.5) is 11.4 Å². The van der Waals surface area contributed by atoms with Crippen LogP contribution in [0.15, 0.2) is 49.1 Å². The molecule has 5 aromatic rings. The first-order chi connectivity index (χ1) is 17.9. The normalized spacial score (nSPS) is 14.4. The fraction of sp³-hybridized carbons (Fsp3) is 0.321. The highest BCUT2D eigenvalue weighted by molar-refractivity contribution is 5.98. The summed E-state index contributed by atoms with van der Waals surface area (Å²) in [7, 11) is 0. The van der Waals surface area contributed by atoms with Crippen LogP contribution >= 0.6 is 0 Å². The van der Waals surface area contributed by atoms with Gasteiger partial charge in [0.05, 0.1) is 41.0 Å². The van der Waals surface area contributed by atoms with Crippen molar-refractivity contribution in [3.05, 3.63) is 49.1 Å². The fourth-order valence-electron chi connectivity index (χ4n) is 4.76. The number of piperidine rings is 1. The molecule has 0 aliphatic carbocycles. The molecule has 0 radical (unpaired) electrons. The van der Waals surface area contributed by atoms with Crippen molar-refractivity contribution in [1.82, 2.24) is 30.1 Å². The molecule has 1 saturated heterocycles. The van der Waals surface area contributed by atoms with Crippen LogP contribution in [0.25, 0.3) is 44.6 Å². The molecule has 0 unspecified atom stereocenters. The lowest BCUT2D eigenvalue weighted by atomic mass is 9.95. The molecular formula is C28H30N8O. The monoisotopic (exact) mass is 494 g/mol. The molecule has 0 spiro atoms. The zero-order chi connectivity index (χ0) is 25.6. The van der Waals surface area contributed by atoms with Crippen molar-refractivity contribution < 1.29 is 4.79 Å². The number of H-pyrrole nitrogens is 2. The van der Waals surface area contributed by atoms with Crippen molar-refractivity contribution in [2.24, 2.45) is 5.41 Å². The summed E-state index contributed by atoms with van der Waals surface area (Å²) >= 11 is 0. The first kappa shape index (κ1) is 23.1. The van der Waals surface area contributed by atoms with Crippen LogP contribution in [0.2, 0.25) is 0 Å². The fourth-order valence-corrected chi connectivity index (χ4v) is 4.76. The van der Waals surface area contributed by atoms with Crippen molar-refractivity contribution in [3.8, 4) is 22.6 Å². The number of anilines is 2. The van der Waals surface area contributed by atoms with Gasteiger partial charge in [-0.1, -0.05) is 26.8 Å². The number of rotatable bonds is 4. The van der Waals surface area contributed by atoms with Crippen LogP contribution in [-0.4, -0.2) is 49.1 Å². The number of aromatic nitrogens is 6. The molecule has 1 amide bonds. The number of hydrogen-bond acceptors (Lipinski definition) is 6. The Balaban J connectivity index is 1.37. The molecular weight excluding hydrogens is 464 g/mol. The topological polar surface area (TPSA) is 115 Å². The van der Waals surface area contributed by atoms with Gasteiger partial charge in [-0.15, -0.1) is 0 Å². The number of carbonyl (C=O) groups is 1. The molecule has 5 heterocycles. The molecule has 0 atom stereocenters. The molecule has 0 saturated carbocycles. The number of benzene rings is 1. The van der Waals surface area contributed by atoms with Gasteiger partial charge in [-0.05, 0) is 43.0 Å². The van der Waals surface area contributed by atoms with Gasteiger partial charge in [0, 0.05) is 35.7 Å². The molecule has 1 fully saturated rings. The number of nitrogens with zero attached hydrogens (tertiary/aromatic N) is 5. The summed E-state index contributed by atoms with van der Waals surface area (Å²) in [5.74, 6) is 0.649. The van der Waals surface area contributed by atoms with E-state index in [9.17, 15) is 4.79 Å². The van der Waals surface area contributed by atoms with Gasteiger partial charge in [-0.2, -0.15) is 5.10 Å². The minimum Gasteiger partial charge on any atom is -0.368 e.